The van der Waals surface area contributed by atoms with Crippen molar-refractivity contribution >= 4 is 28.7 Å². The Labute approximate surface area is 184 Å². The van der Waals surface area contributed by atoms with Gasteiger partial charge >= 0.3 is 0 Å². The second kappa shape index (κ2) is 9.24. The molecular formula is C21H23N7O2S. The van der Waals surface area contributed by atoms with Gasteiger partial charge in [-0.05, 0) is 19.0 Å². The summed E-state index contributed by atoms with van der Waals surface area (Å²) in [6.45, 7) is 5.86. The highest BCUT2D eigenvalue weighted by Crippen LogP contribution is 2.38. The Balaban J connectivity index is 1.64. The van der Waals surface area contributed by atoms with Gasteiger partial charge in [0.05, 0.1) is 0 Å². The average Bonchev–Trinajstić information content (AvgIpc) is 3.37. The van der Waals surface area contributed by atoms with Crippen molar-refractivity contribution in [3.63, 3.8) is 0 Å². The molecule has 0 fully saturated rings. The van der Waals surface area contributed by atoms with Crippen LogP contribution in [-0.2, 0) is 16.0 Å². The maximum atomic E-state index is 9.04. The van der Waals surface area contributed by atoms with Crippen LogP contribution in [0.2, 0.25) is 0 Å². The second-order valence-corrected chi connectivity index (χ2v) is 8.27. The second-order valence-electron chi connectivity index (χ2n) is 7.26. The monoisotopic (exact) mass is 437 g/mol. The van der Waals surface area contributed by atoms with Crippen molar-refractivity contribution < 1.29 is 9.47 Å². The maximum absolute atomic E-state index is 9.04. The first-order chi connectivity index (χ1) is 15.1. The number of aryl methyl sites for hydroxylation is 1. The van der Waals surface area contributed by atoms with Crippen molar-refractivity contribution in [3.8, 4) is 6.07 Å². The van der Waals surface area contributed by atoms with Gasteiger partial charge in [-0.1, -0.05) is 43.8 Å². The van der Waals surface area contributed by atoms with E-state index in [1.54, 1.807) is 0 Å². The molecule has 0 amide bonds. The van der Waals surface area contributed by atoms with E-state index in [1.165, 1.54) is 24.4 Å². The molecule has 1 unspecified atom stereocenters. The number of nitriles is 1. The summed E-state index contributed by atoms with van der Waals surface area (Å²) in [5, 5.41) is 13.2. The third-order valence-corrected chi connectivity index (χ3v) is 5.74. The zero-order valence-electron chi connectivity index (χ0n) is 17.3. The number of allylic oxidation sites excluding steroid dienone is 1. The highest BCUT2D eigenvalue weighted by molar-refractivity contribution is 7.99. The van der Waals surface area contributed by atoms with Crippen LogP contribution in [0.1, 0.15) is 32.1 Å². The number of aromatic nitrogens is 4. The van der Waals surface area contributed by atoms with E-state index < -0.39 is 6.29 Å². The largest absolute Gasteiger partial charge is 0.454 e. The number of imidazole rings is 1. The lowest BCUT2D eigenvalue weighted by molar-refractivity contribution is -0.0321. The van der Waals surface area contributed by atoms with Crippen LogP contribution in [0.25, 0.3) is 11.2 Å². The molecule has 9 nitrogen and oxygen atoms in total. The zero-order valence-corrected chi connectivity index (χ0v) is 18.1. The van der Waals surface area contributed by atoms with Crippen LogP contribution < -0.4 is 11.1 Å². The zero-order chi connectivity index (χ0) is 21.8. The van der Waals surface area contributed by atoms with E-state index in [2.05, 4.69) is 33.7 Å². The summed E-state index contributed by atoms with van der Waals surface area (Å²) in [4.78, 5) is 14.1. The average molecular weight is 438 g/mol. The lowest BCUT2D eigenvalue weighted by Gasteiger charge is -2.15. The Morgan fingerprint density at radius 1 is 1.32 bits per heavy atom. The Morgan fingerprint density at radius 3 is 2.94 bits per heavy atom. The highest BCUT2D eigenvalue weighted by atomic mass is 32.2. The molecular weight excluding hydrogens is 414 g/mol. The SMILES string of the molecule is CC(C)NCCCn1c(Sc2ccccc2C2OC=C(C#N)O2)nc2c(N)ncnc21. The summed E-state index contributed by atoms with van der Waals surface area (Å²) in [6.07, 6.45) is 3.03. The van der Waals surface area contributed by atoms with Gasteiger partial charge < -0.3 is 25.1 Å². The molecule has 2 aromatic heterocycles. The Morgan fingerprint density at radius 2 is 2.16 bits per heavy atom. The number of rotatable bonds is 8. The highest BCUT2D eigenvalue weighted by Gasteiger charge is 2.25. The summed E-state index contributed by atoms with van der Waals surface area (Å²) in [5.74, 6) is 0.502. The van der Waals surface area contributed by atoms with Crippen molar-refractivity contribution in [1.29, 1.82) is 5.26 Å². The molecule has 4 rings (SSSR count). The molecule has 1 aliphatic heterocycles. The minimum atomic E-state index is -0.670. The van der Waals surface area contributed by atoms with E-state index in [0.29, 0.717) is 23.0 Å². The van der Waals surface area contributed by atoms with Gasteiger partial charge in [-0.3, -0.25) is 0 Å². The fraction of sp³-hybridized carbons (Fsp3) is 0.333. The van der Waals surface area contributed by atoms with E-state index in [4.69, 9.17) is 25.5 Å². The Kier molecular flexibility index (Phi) is 6.25. The molecule has 3 N–H and O–H groups in total. The van der Waals surface area contributed by atoms with Crippen molar-refractivity contribution in [2.45, 2.75) is 49.2 Å². The van der Waals surface area contributed by atoms with Gasteiger partial charge in [0.1, 0.15) is 18.7 Å². The van der Waals surface area contributed by atoms with Gasteiger partial charge in [0.2, 0.25) is 5.76 Å². The number of anilines is 1. The smallest absolute Gasteiger partial charge is 0.269 e. The number of nitrogens with one attached hydrogen (secondary N) is 1. The number of fused-ring (bicyclic) bond motifs is 1. The van der Waals surface area contributed by atoms with Gasteiger partial charge in [0.25, 0.3) is 6.29 Å². The van der Waals surface area contributed by atoms with Gasteiger partial charge in [0, 0.05) is 23.0 Å². The van der Waals surface area contributed by atoms with E-state index in [-0.39, 0.29) is 5.76 Å². The van der Waals surface area contributed by atoms with Crippen molar-refractivity contribution in [2.24, 2.45) is 0 Å². The summed E-state index contributed by atoms with van der Waals surface area (Å²) in [7, 11) is 0. The normalized spacial score (nSPS) is 15.5. The topological polar surface area (TPSA) is 124 Å². The van der Waals surface area contributed by atoms with E-state index in [9.17, 15) is 0 Å². The van der Waals surface area contributed by atoms with Gasteiger partial charge in [-0.25, -0.2) is 15.0 Å². The number of hydrogen-bond acceptors (Lipinski definition) is 9. The van der Waals surface area contributed by atoms with Crippen LogP contribution in [-0.4, -0.2) is 32.1 Å². The molecule has 1 aliphatic rings. The van der Waals surface area contributed by atoms with Crippen LogP contribution in [0.15, 0.2) is 52.7 Å². The molecule has 0 bridgehead atoms. The van der Waals surface area contributed by atoms with Crippen LogP contribution in [0.4, 0.5) is 5.82 Å². The number of benzene rings is 1. The minimum absolute atomic E-state index is 0.151. The number of hydrogen-bond donors (Lipinski definition) is 2. The van der Waals surface area contributed by atoms with E-state index >= 15 is 0 Å². The molecule has 3 aromatic rings. The van der Waals surface area contributed by atoms with Crippen LogP contribution in [0, 0.1) is 11.3 Å². The van der Waals surface area contributed by atoms with Crippen molar-refractivity contribution in [1.82, 2.24) is 24.8 Å². The van der Waals surface area contributed by atoms with Crippen LogP contribution in [0.3, 0.4) is 0 Å². The van der Waals surface area contributed by atoms with Gasteiger partial charge in [-0.2, -0.15) is 5.26 Å². The Hall–Kier alpha value is -3.29. The predicted octanol–water partition coefficient (Wildman–Crippen LogP) is 3.36. The van der Waals surface area contributed by atoms with Crippen LogP contribution >= 0.6 is 11.8 Å². The summed E-state index contributed by atoms with van der Waals surface area (Å²) in [5.41, 5.74) is 8.17. The predicted molar refractivity (Wildman–Crippen MR) is 117 cm³/mol. The molecule has 31 heavy (non-hydrogen) atoms. The fourth-order valence-corrected chi connectivity index (χ4v) is 4.24. The van der Waals surface area contributed by atoms with Gasteiger partial charge in [-0.15, -0.1) is 0 Å². The number of ether oxygens (including phenoxy) is 2. The molecule has 1 aromatic carbocycles. The molecule has 160 valence electrons. The Bertz CT molecular complexity index is 1150. The molecule has 0 radical (unpaired) electrons. The fourth-order valence-electron chi connectivity index (χ4n) is 3.19. The molecule has 0 aliphatic carbocycles. The molecule has 0 spiro atoms. The minimum Gasteiger partial charge on any atom is -0.454 e. The first-order valence-electron chi connectivity index (χ1n) is 9.96. The molecule has 10 heteroatoms. The van der Waals surface area contributed by atoms with Gasteiger partial charge in [0.15, 0.2) is 22.1 Å². The van der Waals surface area contributed by atoms with Crippen molar-refractivity contribution in [3.05, 3.63) is 48.2 Å². The third-order valence-electron chi connectivity index (χ3n) is 4.65. The van der Waals surface area contributed by atoms with E-state index in [0.717, 1.165) is 35.1 Å². The first kappa shape index (κ1) is 21.0. The number of nitrogen functional groups attached to an aromatic ring is 1. The standard InChI is InChI=1S/C21H23N7O2S/c1-13(2)24-8-5-9-28-19-17(18(23)25-12-26-19)27-21(28)31-16-7-4-3-6-15(16)20-29-11-14(10-22)30-20/h3-4,6-7,11-13,20,24H,5,8-9H2,1-2H3,(H2,23,25,26). The quantitative estimate of drug-likeness (QED) is 0.510. The first-order valence-corrected chi connectivity index (χ1v) is 10.8. The van der Waals surface area contributed by atoms with E-state index in [1.807, 2.05) is 30.3 Å². The molecule has 1 atom stereocenters. The summed E-state index contributed by atoms with van der Waals surface area (Å²) in [6, 6.07) is 10.1. The van der Waals surface area contributed by atoms with Crippen molar-refractivity contribution in [2.75, 3.05) is 12.3 Å². The van der Waals surface area contributed by atoms with Crippen LogP contribution in [0.5, 0.6) is 0 Å². The lowest BCUT2D eigenvalue weighted by Crippen LogP contribution is -2.24. The molecule has 0 saturated heterocycles. The number of nitrogens with zero attached hydrogens (tertiary/aromatic N) is 5. The third kappa shape index (κ3) is 4.57. The maximum Gasteiger partial charge on any atom is 0.269 e. The molecule has 3 heterocycles. The molecule has 0 saturated carbocycles. The lowest BCUT2D eigenvalue weighted by atomic mass is 10.2. The number of nitrogens with two attached hydrogens (primary N) is 1. The summed E-state index contributed by atoms with van der Waals surface area (Å²) < 4.78 is 13.2. The summed E-state index contributed by atoms with van der Waals surface area (Å²) >= 11 is 1.48.